The van der Waals surface area contributed by atoms with Gasteiger partial charge < -0.3 is 5.73 Å². The molecule has 0 aliphatic carbocycles. The van der Waals surface area contributed by atoms with Crippen molar-refractivity contribution in [3.05, 3.63) is 22.2 Å². The number of nitrogens with one attached hydrogen (secondary N) is 1. The minimum atomic E-state index is 0.192. The van der Waals surface area contributed by atoms with Gasteiger partial charge in [-0.15, -0.1) is 0 Å². The van der Waals surface area contributed by atoms with Gasteiger partial charge in [0.2, 0.25) is 5.95 Å². The van der Waals surface area contributed by atoms with Crippen LogP contribution in [0.1, 0.15) is 0 Å². The Bertz CT molecular complexity index is 655. The Morgan fingerprint density at radius 3 is 2.94 bits per heavy atom. The average molecular weight is 327 g/mol. The fraction of sp³-hybridized carbons (Fsp3) is 0. The minimum Gasteiger partial charge on any atom is -0.368 e. The van der Waals surface area contributed by atoms with Gasteiger partial charge in [0, 0.05) is 6.20 Å². The van der Waals surface area contributed by atoms with E-state index in [1.54, 1.807) is 17.1 Å². The zero-order chi connectivity index (χ0) is 11.1. The topological polar surface area (TPSA) is 98.3 Å². The molecule has 0 unspecified atom stereocenters. The molecular weight excluding hydrogens is 321 g/mol. The quantitative estimate of drug-likeness (QED) is 0.642. The number of fused-ring (bicyclic) bond motifs is 1. The van der Waals surface area contributed by atoms with Crippen molar-refractivity contribution in [1.29, 1.82) is 0 Å². The van der Waals surface area contributed by atoms with Gasteiger partial charge in [0.05, 0.1) is 21.4 Å². The van der Waals surface area contributed by atoms with Crippen LogP contribution in [0.5, 0.6) is 0 Å². The van der Waals surface area contributed by atoms with Gasteiger partial charge in [-0.25, -0.2) is 4.68 Å². The molecule has 0 spiro atoms. The van der Waals surface area contributed by atoms with E-state index in [9.17, 15) is 0 Å². The molecule has 16 heavy (non-hydrogen) atoms. The summed E-state index contributed by atoms with van der Waals surface area (Å²) in [5, 5.41) is 11.6. The number of rotatable bonds is 1. The van der Waals surface area contributed by atoms with Crippen molar-refractivity contribution in [1.82, 2.24) is 29.9 Å². The molecule has 0 aliphatic heterocycles. The van der Waals surface area contributed by atoms with E-state index in [4.69, 9.17) is 5.73 Å². The first-order chi connectivity index (χ1) is 7.74. The van der Waals surface area contributed by atoms with Crippen molar-refractivity contribution in [2.24, 2.45) is 0 Å². The molecule has 0 radical (unpaired) electrons. The van der Waals surface area contributed by atoms with Gasteiger partial charge in [-0.2, -0.15) is 20.2 Å². The average Bonchev–Trinajstić information content (AvgIpc) is 2.84. The van der Waals surface area contributed by atoms with E-state index in [-0.39, 0.29) is 5.95 Å². The van der Waals surface area contributed by atoms with Crippen molar-refractivity contribution >= 4 is 39.6 Å². The second-order valence-corrected chi connectivity index (χ2v) is 4.39. The third-order valence-corrected chi connectivity index (χ3v) is 2.63. The number of aromatic nitrogens is 6. The summed E-state index contributed by atoms with van der Waals surface area (Å²) in [7, 11) is 0. The van der Waals surface area contributed by atoms with Crippen LogP contribution < -0.4 is 5.73 Å². The molecule has 8 heteroatoms. The highest BCUT2D eigenvalue weighted by atomic mass is 127. The lowest BCUT2D eigenvalue weighted by atomic mass is 10.4. The molecular formula is C8H6IN7. The highest BCUT2D eigenvalue weighted by Gasteiger charge is 2.10. The normalized spacial score (nSPS) is 11.1. The van der Waals surface area contributed by atoms with Crippen LogP contribution in [0.25, 0.3) is 16.9 Å². The lowest BCUT2D eigenvalue weighted by Crippen LogP contribution is -2.03. The van der Waals surface area contributed by atoms with Crippen LogP contribution in [0, 0.1) is 3.57 Å². The number of aromatic amines is 1. The van der Waals surface area contributed by atoms with Crippen LogP contribution in [0.15, 0.2) is 18.6 Å². The molecule has 0 aliphatic rings. The fourth-order valence-corrected chi connectivity index (χ4v) is 1.82. The summed E-state index contributed by atoms with van der Waals surface area (Å²) < 4.78 is 2.67. The number of nitrogens with two attached hydrogens (primary N) is 1. The van der Waals surface area contributed by atoms with E-state index in [2.05, 4.69) is 47.9 Å². The van der Waals surface area contributed by atoms with Gasteiger partial charge in [-0.1, -0.05) is 0 Å². The van der Waals surface area contributed by atoms with Crippen LogP contribution in [-0.2, 0) is 0 Å². The molecule has 3 rings (SSSR count). The smallest absolute Gasteiger partial charge is 0.224 e. The molecule has 7 nitrogen and oxygen atoms in total. The molecule has 80 valence electrons. The molecule has 3 aromatic heterocycles. The Morgan fingerprint density at radius 2 is 2.19 bits per heavy atom. The van der Waals surface area contributed by atoms with E-state index >= 15 is 0 Å². The van der Waals surface area contributed by atoms with E-state index in [1.165, 1.54) is 0 Å². The summed E-state index contributed by atoms with van der Waals surface area (Å²) in [5.74, 6) is 0.816. The maximum Gasteiger partial charge on any atom is 0.224 e. The predicted molar refractivity (Wildman–Crippen MR) is 65.9 cm³/mol. The number of H-pyrrole nitrogens is 1. The number of hydrogen-bond donors (Lipinski definition) is 2. The maximum absolute atomic E-state index is 5.62. The zero-order valence-electron chi connectivity index (χ0n) is 7.92. The van der Waals surface area contributed by atoms with Crippen LogP contribution in [0.4, 0.5) is 5.95 Å². The van der Waals surface area contributed by atoms with Gasteiger partial charge in [0.25, 0.3) is 0 Å². The van der Waals surface area contributed by atoms with Gasteiger partial charge in [0.15, 0.2) is 11.5 Å². The van der Waals surface area contributed by atoms with Crippen molar-refractivity contribution in [2.75, 3.05) is 5.73 Å². The van der Waals surface area contributed by atoms with Crippen molar-refractivity contribution in [2.45, 2.75) is 0 Å². The first-order valence-corrected chi connectivity index (χ1v) is 5.49. The van der Waals surface area contributed by atoms with E-state index in [1.807, 2.05) is 6.20 Å². The van der Waals surface area contributed by atoms with Gasteiger partial charge in [0.1, 0.15) is 0 Å². The highest BCUT2D eigenvalue weighted by molar-refractivity contribution is 14.1. The molecule has 0 bridgehead atoms. The Hall–Kier alpha value is -1.71. The molecule has 3 aromatic rings. The highest BCUT2D eigenvalue weighted by Crippen LogP contribution is 2.18. The first kappa shape index (κ1) is 9.51. The Labute approximate surface area is 103 Å². The number of nitrogens with zero attached hydrogens (tertiary/aromatic N) is 5. The van der Waals surface area contributed by atoms with Crippen molar-refractivity contribution in [3.63, 3.8) is 0 Å². The fourth-order valence-electron chi connectivity index (χ4n) is 1.43. The van der Waals surface area contributed by atoms with E-state index in [0.717, 1.165) is 8.96 Å². The van der Waals surface area contributed by atoms with Gasteiger partial charge in [-0.05, 0) is 22.6 Å². The van der Waals surface area contributed by atoms with Crippen LogP contribution in [0.2, 0.25) is 0 Å². The zero-order valence-corrected chi connectivity index (χ0v) is 10.1. The van der Waals surface area contributed by atoms with E-state index in [0.29, 0.717) is 11.5 Å². The Balaban J connectivity index is 2.33. The second-order valence-electron chi connectivity index (χ2n) is 3.14. The summed E-state index contributed by atoms with van der Waals surface area (Å²) in [4.78, 5) is 8.20. The lowest BCUT2D eigenvalue weighted by Gasteiger charge is -2.01. The molecule has 3 heterocycles. The maximum atomic E-state index is 5.62. The summed E-state index contributed by atoms with van der Waals surface area (Å²) in [6.07, 6.45) is 5.25. The van der Waals surface area contributed by atoms with Crippen LogP contribution >= 0.6 is 22.6 Å². The lowest BCUT2D eigenvalue weighted by molar-refractivity contribution is 0.853. The standard InChI is InChI=1S/C8H6IN7/c9-4-1-12-16(3-4)7-5-2-11-15-6(5)13-8(10)14-7/h1-3H,(H3,10,11,13,14,15). The third-order valence-electron chi connectivity index (χ3n) is 2.08. The Morgan fingerprint density at radius 1 is 1.31 bits per heavy atom. The van der Waals surface area contributed by atoms with Crippen LogP contribution in [-0.4, -0.2) is 29.9 Å². The third kappa shape index (κ3) is 1.41. The molecule has 3 N–H and O–H groups in total. The van der Waals surface area contributed by atoms with Gasteiger partial charge in [-0.3, -0.25) is 5.10 Å². The molecule has 0 saturated carbocycles. The number of halogens is 1. The van der Waals surface area contributed by atoms with Crippen molar-refractivity contribution in [3.8, 4) is 5.82 Å². The summed E-state index contributed by atoms with van der Waals surface area (Å²) >= 11 is 2.18. The Kier molecular flexibility index (Phi) is 2.02. The monoisotopic (exact) mass is 327 g/mol. The summed E-state index contributed by atoms with van der Waals surface area (Å²) in [5.41, 5.74) is 6.22. The number of hydrogen-bond acceptors (Lipinski definition) is 5. The number of anilines is 1. The predicted octanol–water partition coefficient (Wildman–Crippen LogP) is 0.725. The number of nitrogen functional groups attached to an aromatic ring is 1. The molecule has 0 fully saturated rings. The van der Waals surface area contributed by atoms with Crippen molar-refractivity contribution < 1.29 is 0 Å². The van der Waals surface area contributed by atoms with E-state index < -0.39 is 0 Å². The second kappa shape index (κ2) is 3.40. The summed E-state index contributed by atoms with van der Waals surface area (Å²) in [6.45, 7) is 0. The summed E-state index contributed by atoms with van der Waals surface area (Å²) in [6, 6.07) is 0. The molecule has 0 atom stereocenters. The van der Waals surface area contributed by atoms with Crippen LogP contribution in [0.3, 0.4) is 0 Å². The minimum absolute atomic E-state index is 0.192. The first-order valence-electron chi connectivity index (χ1n) is 4.41. The largest absolute Gasteiger partial charge is 0.368 e. The SMILES string of the molecule is Nc1nc(-n2cc(I)cn2)c2cn[nH]c2n1. The molecule has 0 amide bonds. The molecule has 0 saturated heterocycles. The van der Waals surface area contributed by atoms with Gasteiger partial charge >= 0.3 is 0 Å². The molecule has 0 aromatic carbocycles.